The first-order valence-corrected chi connectivity index (χ1v) is 10.6. The van der Waals surface area contributed by atoms with Crippen molar-refractivity contribution < 1.29 is 36.3 Å². The number of hydrogen-bond donors (Lipinski definition) is 0. The van der Waals surface area contributed by atoms with E-state index in [0.29, 0.717) is 0 Å². The maximum atomic E-state index is 14.1. The molecule has 150 valence electrons. The van der Waals surface area contributed by atoms with E-state index in [9.17, 15) is 26.8 Å². The Bertz CT molecular complexity index is 855. The van der Waals surface area contributed by atoms with Crippen molar-refractivity contribution in [1.82, 2.24) is 0 Å². The van der Waals surface area contributed by atoms with Crippen LogP contribution in [0.1, 0.15) is 20.3 Å². The van der Waals surface area contributed by atoms with Crippen molar-refractivity contribution in [2.45, 2.75) is 31.1 Å². The summed E-state index contributed by atoms with van der Waals surface area (Å²) in [6.45, 7) is 2.34. The Kier molecular flexibility index (Phi) is 6.15. The van der Waals surface area contributed by atoms with Crippen molar-refractivity contribution in [3.8, 4) is 0 Å². The second-order valence-electron chi connectivity index (χ2n) is 6.26. The highest BCUT2D eigenvalue weighted by atomic mass is 79.9. The number of esters is 1. The fourth-order valence-electron chi connectivity index (χ4n) is 2.71. The lowest BCUT2D eigenvalue weighted by atomic mass is 10.0. The molecule has 1 amide bonds. The van der Waals surface area contributed by atoms with Gasteiger partial charge in [0, 0.05) is 17.1 Å². The van der Waals surface area contributed by atoms with Gasteiger partial charge in [0.25, 0.3) is 0 Å². The Hall–Kier alpha value is -1.75. The molecule has 1 heterocycles. The zero-order valence-electron chi connectivity index (χ0n) is 14.8. The van der Waals surface area contributed by atoms with Crippen molar-refractivity contribution >= 4 is 43.5 Å². The number of nitrogens with zero attached hydrogens (tertiary/aromatic N) is 1. The van der Waals surface area contributed by atoms with E-state index in [0.717, 1.165) is 30.2 Å². The van der Waals surface area contributed by atoms with E-state index >= 15 is 0 Å². The Morgan fingerprint density at radius 1 is 1.41 bits per heavy atom. The topological polar surface area (TPSA) is 90.0 Å². The standard InChI is InChI=1S/C16H18BrF2NO6S/c1-4-25-14(21)16(2,27(3,23)24)7-10-8-20(15(22)26-10)13-11(18)5-9(17)6-12(13)19/h5-6,10H,4,7-8H2,1-3H3. The Morgan fingerprint density at radius 2 is 1.96 bits per heavy atom. The fourth-order valence-corrected chi connectivity index (χ4v) is 3.96. The minimum Gasteiger partial charge on any atom is -0.465 e. The van der Waals surface area contributed by atoms with Crippen molar-refractivity contribution in [2.24, 2.45) is 0 Å². The Balaban J connectivity index is 2.30. The molecule has 0 aliphatic carbocycles. The highest BCUT2D eigenvalue weighted by Crippen LogP contribution is 2.34. The molecule has 2 unspecified atom stereocenters. The van der Waals surface area contributed by atoms with E-state index in [1.807, 2.05) is 0 Å². The van der Waals surface area contributed by atoms with E-state index < -0.39 is 56.5 Å². The molecule has 2 atom stereocenters. The highest BCUT2D eigenvalue weighted by Gasteiger charge is 2.50. The molecular weight excluding hydrogens is 452 g/mol. The van der Waals surface area contributed by atoms with Crippen LogP contribution in [0.15, 0.2) is 16.6 Å². The lowest BCUT2D eigenvalue weighted by Crippen LogP contribution is -2.47. The van der Waals surface area contributed by atoms with Crippen LogP contribution in [0.5, 0.6) is 0 Å². The van der Waals surface area contributed by atoms with E-state index in [1.165, 1.54) is 6.92 Å². The number of rotatable bonds is 6. The molecule has 0 saturated carbocycles. The molecule has 1 aromatic rings. The molecule has 1 saturated heterocycles. The van der Waals surface area contributed by atoms with Crippen LogP contribution in [0.25, 0.3) is 0 Å². The van der Waals surface area contributed by atoms with Gasteiger partial charge in [-0.15, -0.1) is 0 Å². The third-order valence-electron chi connectivity index (χ3n) is 4.27. The van der Waals surface area contributed by atoms with Crippen LogP contribution in [0.3, 0.4) is 0 Å². The maximum Gasteiger partial charge on any atom is 0.414 e. The molecule has 11 heteroatoms. The van der Waals surface area contributed by atoms with E-state index in [2.05, 4.69) is 15.9 Å². The molecular formula is C16H18BrF2NO6S. The number of sulfone groups is 1. The Morgan fingerprint density at radius 3 is 2.44 bits per heavy atom. The van der Waals surface area contributed by atoms with Crippen LogP contribution in [0, 0.1) is 11.6 Å². The van der Waals surface area contributed by atoms with Crippen LogP contribution < -0.4 is 4.90 Å². The van der Waals surface area contributed by atoms with Gasteiger partial charge in [-0.1, -0.05) is 15.9 Å². The van der Waals surface area contributed by atoms with Gasteiger partial charge in [0.15, 0.2) is 26.2 Å². The third kappa shape index (κ3) is 4.23. The van der Waals surface area contributed by atoms with Crippen molar-refractivity contribution in [3.63, 3.8) is 0 Å². The third-order valence-corrected chi connectivity index (χ3v) is 6.70. The summed E-state index contributed by atoms with van der Waals surface area (Å²) in [6.07, 6.45) is -1.66. The van der Waals surface area contributed by atoms with Gasteiger partial charge < -0.3 is 9.47 Å². The second kappa shape index (κ2) is 7.70. The predicted molar refractivity (Wildman–Crippen MR) is 96.2 cm³/mol. The van der Waals surface area contributed by atoms with Crippen molar-refractivity contribution in [2.75, 3.05) is 24.3 Å². The number of anilines is 1. The first kappa shape index (κ1) is 21.5. The molecule has 0 bridgehead atoms. The van der Waals surface area contributed by atoms with Crippen molar-refractivity contribution in [1.29, 1.82) is 0 Å². The summed E-state index contributed by atoms with van der Waals surface area (Å²) in [5, 5.41) is 0. The average Bonchev–Trinajstić information content (AvgIpc) is 2.85. The lowest BCUT2D eigenvalue weighted by Gasteiger charge is -2.27. The minimum atomic E-state index is -3.93. The molecule has 27 heavy (non-hydrogen) atoms. The number of carbonyl (C=O) groups excluding carboxylic acids is 2. The predicted octanol–water partition coefficient (Wildman–Crippen LogP) is 2.81. The zero-order chi connectivity index (χ0) is 20.6. The quantitative estimate of drug-likeness (QED) is 0.595. The number of halogens is 3. The zero-order valence-corrected chi connectivity index (χ0v) is 17.2. The summed E-state index contributed by atoms with van der Waals surface area (Å²) in [4.78, 5) is 25.0. The van der Waals surface area contributed by atoms with Gasteiger partial charge in [0.1, 0.15) is 11.8 Å². The molecule has 1 fully saturated rings. The van der Waals surface area contributed by atoms with Gasteiger partial charge in [-0.25, -0.2) is 22.0 Å². The lowest BCUT2D eigenvalue weighted by molar-refractivity contribution is -0.146. The normalized spacial score (nSPS) is 19.6. The summed E-state index contributed by atoms with van der Waals surface area (Å²) >= 11 is 2.94. The summed E-state index contributed by atoms with van der Waals surface area (Å²) in [7, 11) is -3.93. The minimum absolute atomic E-state index is 0.0319. The number of carbonyl (C=O) groups is 2. The van der Waals surface area contributed by atoms with E-state index in [4.69, 9.17) is 9.47 Å². The van der Waals surface area contributed by atoms with E-state index in [1.54, 1.807) is 0 Å². The molecule has 1 aliphatic heterocycles. The molecule has 0 aromatic heterocycles. The monoisotopic (exact) mass is 469 g/mol. The number of benzene rings is 1. The largest absolute Gasteiger partial charge is 0.465 e. The molecule has 0 spiro atoms. The van der Waals surface area contributed by atoms with Crippen LogP contribution in [0.4, 0.5) is 19.3 Å². The van der Waals surface area contributed by atoms with Gasteiger partial charge in [0.05, 0.1) is 13.2 Å². The number of cyclic esters (lactones) is 1. The second-order valence-corrected chi connectivity index (χ2v) is 9.62. The van der Waals surface area contributed by atoms with Crippen molar-refractivity contribution in [3.05, 3.63) is 28.2 Å². The first-order chi connectivity index (χ1) is 12.4. The molecule has 0 radical (unpaired) electrons. The van der Waals surface area contributed by atoms with E-state index in [-0.39, 0.29) is 17.6 Å². The van der Waals surface area contributed by atoms with Crippen LogP contribution >= 0.6 is 15.9 Å². The smallest absolute Gasteiger partial charge is 0.414 e. The summed E-state index contributed by atoms with van der Waals surface area (Å²) in [5.41, 5.74) is -0.608. The van der Waals surface area contributed by atoms with Gasteiger partial charge in [-0.2, -0.15) is 0 Å². The first-order valence-electron chi connectivity index (χ1n) is 7.90. The van der Waals surface area contributed by atoms with Gasteiger partial charge in [-0.3, -0.25) is 9.69 Å². The number of ether oxygens (including phenoxy) is 2. The average molecular weight is 470 g/mol. The van der Waals surface area contributed by atoms with Crippen LogP contribution in [-0.2, 0) is 24.1 Å². The van der Waals surface area contributed by atoms with Crippen LogP contribution in [0.2, 0.25) is 0 Å². The highest BCUT2D eigenvalue weighted by molar-refractivity contribution is 9.10. The summed E-state index contributed by atoms with van der Waals surface area (Å²) in [6, 6.07) is 1.97. The summed E-state index contributed by atoms with van der Waals surface area (Å²) in [5.74, 6) is -2.96. The molecule has 2 rings (SSSR count). The van der Waals surface area contributed by atoms with Gasteiger partial charge in [-0.05, 0) is 26.0 Å². The molecule has 0 N–H and O–H groups in total. The van der Waals surface area contributed by atoms with Crippen LogP contribution in [-0.4, -0.2) is 50.7 Å². The Labute approximate surface area is 163 Å². The summed E-state index contributed by atoms with van der Waals surface area (Å²) < 4.78 is 60.6. The maximum absolute atomic E-state index is 14.1. The number of amides is 1. The molecule has 7 nitrogen and oxygen atoms in total. The molecule has 1 aromatic carbocycles. The van der Waals surface area contributed by atoms with Gasteiger partial charge >= 0.3 is 12.1 Å². The number of hydrogen-bond acceptors (Lipinski definition) is 6. The SMILES string of the molecule is CCOC(=O)C(C)(CC1CN(c2c(F)cc(Br)cc2F)C(=O)O1)S(C)(=O)=O. The fraction of sp³-hybridized carbons (Fsp3) is 0.500. The van der Waals surface area contributed by atoms with Gasteiger partial charge in [0.2, 0.25) is 0 Å². The molecule has 1 aliphatic rings.